The zero-order valence-electron chi connectivity index (χ0n) is 35.1. The van der Waals surface area contributed by atoms with E-state index in [1.54, 1.807) is 0 Å². The summed E-state index contributed by atoms with van der Waals surface area (Å²) in [5.41, 5.74) is 10.8. The van der Waals surface area contributed by atoms with Crippen molar-refractivity contribution in [2.24, 2.45) is 0 Å². The Kier molecular flexibility index (Phi) is 10.9. The van der Waals surface area contributed by atoms with Crippen LogP contribution in [0.5, 0.6) is 11.5 Å². The first-order valence-corrected chi connectivity index (χ1v) is 20.8. The third-order valence-electron chi connectivity index (χ3n) is 12.2. The number of nitrogens with zero attached hydrogens (tertiary/aromatic N) is 4. The summed E-state index contributed by atoms with van der Waals surface area (Å²) in [5, 5.41) is 2.22. The van der Waals surface area contributed by atoms with Crippen LogP contribution >= 0.6 is 0 Å². The Balaban J connectivity index is 0.00000490. The summed E-state index contributed by atoms with van der Waals surface area (Å²) >= 11 is 0. The van der Waals surface area contributed by atoms with Crippen LogP contribution in [-0.2, 0) is 31.9 Å². The first-order valence-electron chi connectivity index (χ1n) is 20.8. The predicted molar refractivity (Wildman–Crippen MR) is 250 cm³/mol. The van der Waals surface area contributed by atoms with Crippen molar-refractivity contribution >= 4 is 33.2 Å². The number of aromatic nitrogens is 2. The van der Waals surface area contributed by atoms with Crippen LogP contribution in [0.25, 0.3) is 38.8 Å². The molecule has 0 spiro atoms. The molecule has 0 saturated heterocycles. The van der Waals surface area contributed by atoms with Gasteiger partial charge in [-0.15, -0.1) is 48.1 Å². The molecule has 0 atom stereocenters. The Bertz CT molecular complexity index is 3050. The topological polar surface area (TPSA) is 33.5 Å². The van der Waals surface area contributed by atoms with Gasteiger partial charge in [0.15, 0.2) is 0 Å². The summed E-state index contributed by atoms with van der Waals surface area (Å²) in [6.07, 6.45) is 6.06. The molecule has 0 fully saturated rings. The van der Waals surface area contributed by atoms with Gasteiger partial charge in [0.2, 0.25) is 0 Å². The van der Waals surface area contributed by atoms with Crippen molar-refractivity contribution in [2.75, 3.05) is 9.80 Å². The van der Waals surface area contributed by atoms with E-state index in [4.69, 9.17) is 9.72 Å². The second-order valence-electron chi connectivity index (χ2n) is 16.7. The van der Waals surface area contributed by atoms with Gasteiger partial charge in [-0.25, -0.2) is 4.98 Å². The van der Waals surface area contributed by atoms with E-state index in [0.717, 1.165) is 39.0 Å². The van der Waals surface area contributed by atoms with Crippen molar-refractivity contribution in [1.82, 2.24) is 9.55 Å². The maximum Gasteiger partial charge on any atom is 0.135 e. The molecule has 0 unspecified atom stereocenters. The van der Waals surface area contributed by atoms with Crippen LogP contribution in [0, 0.1) is 18.8 Å². The van der Waals surface area contributed by atoms with E-state index < -0.39 is 0 Å². The zero-order chi connectivity index (χ0) is 41.6. The van der Waals surface area contributed by atoms with E-state index in [1.165, 1.54) is 33.4 Å². The molecule has 1 aliphatic heterocycles. The standard InChI is InChI=1S/C56H45N4O.Pt/c1-55(2,42-19-10-6-11-20-42)44-29-30-57-54(36-44)60-52-26-15-14-25-50(52)51-28-27-49(38-53(51)60)61-48-24-16-23-46(37-48)58-31-32-59(39-58)47-34-41(40-17-8-5-9-18-40)33-45(35-47)56(3,4)43-21-12-7-13-22-43;/h5-36,39H,1-4H3;/q-3;. The number of hydrogen-bond donors (Lipinski definition) is 0. The average Bonchev–Trinajstić information content (AvgIpc) is 3.94. The summed E-state index contributed by atoms with van der Waals surface area (Å²) in [7, 11) is 0. The van der Waals surface area contributed by atoms with Crippen LogP contribution in [0.3, 0.4) is 0 Å². The molecule has 62 heavy (non-hydrogen) atoms. The van der Waals surface area contributed by atoms with Crippen molar-refractivity contribution in [3.8, 4) is 28.4 Å². The molecule has 6 heteroatoms. The van der Waals surface area contributed by atoms with Crippen molar-refractivity contribution in [3.05, 3.63) is 236 Å². The molecule has 0 aliphatic carbocycles. The molecule has 308 valence electrons. The Labute approximate surface area is 378 Å². The Morgan fingerprint density at radius 3 is 1.90 bits per heavy atom. The largest absolute Gasteiger partial charge is 0.509 e. The number of para-hydroxylation sites is 1. The molecular formula is C56H45N4OPt-3. The molecule has 0 radical (unpaired) electrons. The summed E-state index contributed by atoms with van der Waals surface area (Å²) in [5.74, 6) is 2.03. The maximum absolute atomic E-state index is 6.56. The quantitative estimate of drug-likeness (QED) is 0.128. The van der Waals surface area contributed by atoms with E-state index in [1.807, 2.05) is 30.5 Å². The van der Waals surface area contributed by atoms with Gasteiger partial charge in [0.05, 0.1) is 0 Å². The van der Waals surface area contributed by atoms with Gasteiger partial charge < -0.3 is 19.1 Å². The molecule has 3 heterocycles. The fraction of sp³-hybridized carbons (Fsp3) is 0.107. The molecule has 0 amide bonds. The molecule has 1 aliphatic rings. The van der Waals surface area contributed by atoms with Gasteiger partial charge in [0, 0.05) is 60.8 Å². The minimum absolute atomic E-state index is 0. The molecule has 0 N–H and O–H groups in total. The normalized spacial score (nSPS) is 12.8. The van der Waals surface area contributed by atoms with Crippen LogP contribution in [-0.4, -0.2) is 9.55 Å². The second kappa shape index (κ2) is 16.6. The Morgan fingerprint density at radius 2 is 1.16 bits per heavy atom. The Morgan fingerprint density at radius 1 is 0.516 bits per heavy atom. The minimum Gasteiger partial charge on any atom is -0.509 e. The summed E-state index contributed by atoms with van der Waals surface area (Å²) in [4.78, 5) is 9.16. The summed E-state index contributed by atoms with van der Waals surface area (Å²) in [6.45, 7) is 11.2. The van der Waals surface area contributed by atoms with Gasteiger partial charge in [-0.3, -0.25) is 0 Å². The number of hydrogen-bond acceptors (Lipinski definition) is 4. The molecular weight excluding hydrogens is 940 g/mol. The fourth-order valence-electron chi connectivity index (χ4n) is 8.48. The van der Waals surface area contributed by atoms with Crippen molar-refractivity contribution in [1.29, 1.82) is 0 Å². The van der Waals surface area contributed by atoms with Crippen molar-refractivity contribution < 1.29 is 25.8 Å². The first-order chi connectivity index (χ1) is 29.7. The van der Waals surface area contributed by atoms with Gasteiger partial charge in [-0.2, -0.15) is 12.1 Å². The second-order valence-corrected chi connectivity index (χ2v) is 16.7. The van der Waals surface area contributed by atoms with E-state index in [2.05, 4.69) is 225 Å². The number of pyridine rings is 1. The zero-order valence-corrected chi connectivity index (χ0v) is 37.3. The average molecular weight is 985 g/mol. The van der Waals surface area contributed by atoms with Gasteiger partial charge in [0.25, 0.3) is 0 Å². The van der Waals surface area contributed by atoms with Crippen molar-refractivity contribution in [2.45, 2.75) is 38.5 Å². The number of ether oxygens (including phenoxy) is 1. The van der Waals surface area contributed by atoms with E-state index in [9.17, 15) is 0 Å². The van der Waals surface area contributed by atoms with Crippen LogP contribution in [0.2, 0.25) is 0 Å². The molecule has 10 rings (SSSR count). The maximum atomic E-state index is 6.56. The molecule has 2 aromatic heterocycles. The van der Waals surface area contributed by atoms with Gasteiger partial charge in [0.1, 0.15) is 5.82 Å². The fourth-order valence-corrected chi connectivity index (χ4v) is 8.48. The summed E-state index contributed by atoms with van der Waals surface area (Å²) in [6, 6.07) is 68.8. The minimum atomic E-state index is -0.218. The van der Waals surface area contributed by atoms with E-state index >= 15 is 0 Å². The van der Waals surface area contributed by atoms with Gasteiger partial charge >= 0.3 is 0 Å². The smallest absolute Gasteiger partial charge is 0.135 e. The predicted octanol–water partition coefficient (Wildman–Crippen LogP) is 13.8. The van der Waals surface area contributed by atoms with Crippen LogP contribution in [0.4, 0.5) is 11.4 Å². The number of benzene rings is 7. The van der Waals surface area contributed by atoms with Crippen molar-refractivity contribution in [3.63, 3.8) is 0 Å². The van der Waals surface area contributed by atoms with Gasteiger partial charge in [-0.05, 0) is 81.5 Å². The molecule has 0 saturated carbocycles. The third kappa shape index (κ3) is 7.63. The number of fused-ring (bicyclic) bond motifs is 3. The SMILES string of the molecule is CC(C)(c1ccccc1)c1cc(-c2ccccc2)cc(N2C=CN(c3[c-]c(Oc4[c-]c5c(cc4)c4ccccc4n5-c4cc(C(C)(C)c5ccccc5)ccn4)ccc3)[CH-]2)c1.[Pt]. The summed E-state index contributed by atoms with van der Waals surface area (Å²) < 4.78 is 8.75. The molecule has 9 aromatic rings. The third-order valence-corrected chi connectivity index (χ3v) is 12.2. The molecule has 7 aromatic carbocycles. The van der Waals surface area contributed by atoms with Gasteiger partial charge in [-0.1, -0.05) is 148 Å². The Hall–Kier alpha value is -6.68. The van der Waals surface area contributed by atoms with E-state index in [-0.39, 0.29) is 31.9 Å². The van der Waals surface area contributed by atoms with E-state index in [0.29, 0.717) is 11.5 Å². The monoisotopic (exact) mass is 984 g/mol. The number of anilines is 2. The first kappa shape index (κ1) is 40.7. The molecule has 5 nitrogen and oxygen atoms in total. The van der Waals surface area contributed by atoms with Crippen LogP contribution in [0.1, 0.15) is 49.9 Å². The number of rotatable bonds is 10. The van der Waals surface area contributed by atoms with Crippen LogP contribution < -0.4 is 14.5 Å². The van der Waals surface area contributed by atoms with Crippen LogP contribution in [0.15, 0.2) is 195 Å². The molecule has 0 bridgehead atoms.